The normalized spacial score (nSPS) is 10.0. The van der Waals surface area contributed by atoms with Crippen molar-refractivity contribution in [3.05, 3.63) is 36.4 Å². The lowest BCUT2D eigenvalue weighted by Gasteiger charge is -2.11. The molecule has 0 bridgehead atoms. The Balaban J connectivity index is 2.54. The number of carbonyl (C=O) groups excluding carboxylic acids is 1. The minimum Gasteiger partial charge on any atom is -0.496 e. The average Bonchev–Trinajstić information content (AvgIpc) is 2.39. The molecule has 0 aliphatic carbocycles. The van der Waals surface area contributed by atoms with Crippen LogP contribution in [0.2, 0.25) is 0 Å². The minimum absolute atomic E-state index is 0.236. The summed E-state index contributed by atoms with van der Waals surface area (Å²) in [7, 11) is 3.22. The molecule has 0 spiro atoms. The summed E-state index contributed by atoms with van der Waals surface area (Å²) in [4.78, 5) is 11.3. The van der Waals surface area contributed by atoms with Gasteiger partial charge < -0.3 is 15.4 Å². The lowest BCUT2D eigenvalue weighted by Crippen LogP contribution is -2.24. The number of methoxy groups -OCH3 is 1. The molecular weight excluding hydrogens is 216 g/mol. The summed E-state index contributed by atoms with van der Waals surface area (Å²) in [5.41, 5.74) is 0.765. The number of benzene rings is 2. The third-order valence-corrected chi connectivity index (χ3v) is 2.58. The second-order valence-electron chi connectivity index (χ2n) is 3.57. The highest BCUT2D eigenvalue weighted by molar-refractivity contribution is 6.03. The van der Waals surface area contributed by atoms with Gasteiger partial charge in [-0.1, -0.05) is 24.3 Å². The Bertz CT molecular complexity index is 552. The predicted molar refractivity (Wildman–Crippen MR) is 68.6 cm³/mol. The number of nitrogens with one attached hydrogen (secondary N) is 2. The molecule has 0 heterocycles. The quantitative estimate of drug-likeness (QED) is 0.833. The van der Waals surface area contributed by atoms with E-state index in [1.807, 2.05) is 36.4 Å². The summed E-state index contributed by atoms with van der Waals surface area (Å²) in [6.45, 7) is 0. The molecule has 0 saturated carbocycles. The summed E-state index contributed by atoms with van der Waals surface area (Å²) in [5.74, 6) is 0.794. The van der Waals surface area contributed by atoms with Gasteiger partial charge in [-0.25, -0.2) is 4.79 Å². The lowest BCUT2D eigenvalue weighted by atomic mass is 10.1. The number of amides is 2. The van der Waals surface area contributed by atoms with Crippen molar-refractivity contribution in [3.8, 4) is 5.75 Å². The molecule has 88 valence electrons. The summed E-state index contributed by atoms with van der Waals surface area (Å²) in [5, 5.41) is 7.24. The molecule has 0 saturated heterocycles. The highest BCUT2D eigenvalue weighted by atomic mass is 16.5. The van der Waals surface area contributed by atoms with Gasteiger partial charge in [0.1, 0.15) is 5.75 Å². The Morgan fingerprint density at radius 3 is 2.47 bits per heavy atom. The van der Waals surface area contributed by atoms with Gasteiger partial charge in [0.25, 0.3) is 0 Å². The Kier molecular flexibility index (Phi) is 3.14. The summed E-state index contributed by atoms with van der Waals surface area (Å²) >= 11 is 0. The van der Waals surface area contributed by atoms with Crippen LogP contribution in [0.25, 0.3) is 10.8 Å². The molecule has 2 amide bonds. The van der Waals surface area contributed by atoms with E-state index in [2.05, 4.69) is 10.6 Å². The number of carbonyl (C=O) groups is 1. The number of hydrogen-bond acceptors (Lipinski definition) is 2. The van der Waals surface area contributed by atoms with Crippen LogP contribution in [0.5, 0.6) is 5.75 Å². The summed E-state index contributed by atoms with van der Waals surface area (Å²) in [6, 6.07) is 11.2. The van der Waals surface area contributed by atoms with Crippen LogP contribution in [0.1, 0.15) is 0 Å². The smallest absolute Gasteiger partial charge is 0.318 e. The van der Waals surface area contributed by atoms with Gasteiger partial charge >= 0.3 is 6.03 Å². The second kappa shape index (κ2) is 4.74. The number of anilines is 1. The van der Waals surface area contributed by atoms with E-state index in [4.69, 9.17) is 4.74 Å². The van der Waals surface area contributed by atoms with Crippen molar-refractivity contribution in [2.45, 2.75) is 0 Å². The zero-order valence-corrected chi connectivity index (χ0v) is 9.78. The lowest BCUT2D eigenvalue weighted by molar-refractivity contribution is 0.254. The van der Waals surface area contributed by atoms with Crippen molar-refractivity contribution in [3.63, 3.8) is 0 Å². The number of urea groups is 1. The van der Waals surface area contributed by atoms with E-state index in [1.54, 1.807) is 14.2 Å². The van der Waals surface area contributed by atoms with Crippen molar-refractivity contribution in [2.24, 2.45) is 0 Å². The highest BCUT2D eigenvalue weighted by Gasteiger charge is 2.07. The minimum atomic E-state index is -0.236. The topological polar surface area (TPSA) is 50.4 Å². The molecule has 0 unspecified atom stereocenters. The van der Waals surface area contributed by atoms with Crippen LogP contribution in [0, 0.1) is 0 Å². The van der Waals surface area contributed by atoms with Crippen molar-refractivity contribution in [2.75, 3.05) is 19.5 Å². The zero-order valence-electron chi connectivity index (χ0n) is 9.78. The molecule has 4 nitrogen and oxygen atoms in total. The van der Waals surface area contributed by atoms with Crippen LogP contribution in [0.15, 0.2) is 36.4 Å². The summed E-state index contributed by atoms with van der Waals surface area (Å²) < 4.78 is 5.29. The molecule has 17 heavy (non-hydrogen) atoms. The van der Waals surface area contributed by atoms with Crippen molar-refractivity contribution in [1.82, 2.24) is 5.32 Å². The van der Waals surface area contributed by atoms with E-state index in [0.29, 0.717) is 0 Å². The van der Waals surface area contributed by atoms with Crippen molar-refractivity contribution >= 4 is 22.5 Å². The maximum atomic E-state index is 11.3. The number of rotatable bonds is 2. The molecule has 0 aromatic heterocycles. The van der Waals surface area contributed by atoms with E-state index in [9.17, 15) is 4.79 Å². The maximum absolute atomic E-state index is 11.3. The first-order chi connectivity index (χ1) is 8.26. The Hall–Kier alpha value is -2.23. The molecule has 0 radical (unpaired) electrons. The van der Waals surface area contributed by atoms with Gasteiger partial charge in [-0.15, -0.1) is 0 Å². The molecule has 0 aliphatic rings. The van der Waals surface area contributed by atoms with Gasteiger partial charge in [0.15, 0.2) is 0 Å². The third-order valence-electron chi connectivity index (χ3n) is 2.58. The van der Waals surface area contributed by atoms with Gasteiger partial charge in [-0.05, 0) is 12.1 Å². The molecule has 2 aromatic rings. The van der Waals surface area contributed by atoms with Crippen LogP contribution in [-0.2, 0) is 0 Å². The van der Waals surface area contributed by atoms with Crippen molar-refractivity contribution in [1.29, 1.82) is 0 Å². The van der Waals surface area contributed by atoms with E-state index in [0.717, 1.165) is 22.2 Å². The first kappa shape index (κ1) is 11.3. The van der Waals surface area contributed by atoms with Crippen LogP contribution in [-0.4, -0.2) is 20.2 Å². The molecule has 2 N–H and O–H groups in total. The van der Waals surface area contributed by atoms with Crippen LogP contribution >= 0.6 is 0 Å². The largest absolute Gasteiger partial charge is 0.496 e. The number of fused-ring (bicyclic) bond motifs is 1. The maximum Gasteiger partial charge on any atom is 0.318 e. The number of ether oxygens (including phenoxy) is 1. The molecule has 2 aromatic carbocycles. The highest BCUT2D eigenvalue weighted by Crippen LogP contribution is 2.31. The number of hydrogen-bond donors (Lipinski definition) is 2. The van der Waals surface area contributed by atoms with Gasteiger partial charge in [-0.2, -0.15) is 0 Å². The van der Waals surface area contributed by atoms with Gasteiger partial charge in [-0.3, -0.25) is 0 Å². The van der Waals surface area contributed by atoms with Crippen LogP contribution in [0.3, 0.4) is 0 Å². The standard InChI is InChI=1S/C13H14N2O2/c1-14-13(16)15-11-7-8-12(17-2)10-6-4-3-5-9(10)11/h3-8H,1-2H3,(H2,14,15,16). The SMILES string of the molecule is CNC(=O)Nc1ccc(OC)c2ccccc12. The Morgan fingerprint density at radius 1 is 1.12 bits per heavy atom. The average molecular weight is 230 g/mol. The van der Waals surface area contributed by atoms with Gasteiger partial charge in [0.05, 0.1) is 12.8 Å². The predicted octanol–water partition coefficient (Wildman–Crippen LogP) is 2.60. The molecule has 0 aliphatic heterocycles. The molecule has 0 atom stereocenters. The summed E-state index contributed by atoms with van der Waals surface area (Å²) in [6.07, 6.45) is 0. The Labute approximate surface area is 99.6 Å². The molecule has 0 fully saturated rings. The van der Waals surface area contributed by atoms with E-state index in [1.165, 1.54) is 0 Å². The van der Waals surface area contributed by atoms with Gasteiger partial charge in [0.2, 0.25) is 0 Å². The zero-order chi connectivity index (χ0) is 12.3. The van der Waals surface area contributed by atoms with Crippen LogP contribution < -0.4 is 15.4 Å². The fourth-order valence-corrected chi connectivity index (χ4v) is 1.74. The van der Waals surface area contributed by atoms with Gasteiger partial charge in [0, 0.05) is 17.8 Å². The van der Waals surface area contributed by atoms with E-state index >= 15 is 0 Å². The molecule has 2 rings (SSSR count). The second-order valence-corrected chi connectivity index (χ2v) is 3.57. The van der Waals surface area contributed by atoms with Crippen LogP contribution in [0.4, 0.5) is 10.5 Å². The van der Waals surface area contributed by atoms with E-state index < -0.39 is 0 Å². The molecule has 4 heteroatoms. The first-order valence-corrected chi connectivity index (χ1v) is 5.30. The fourth-order valence-electron chi connectivity index (χ4n) is 1.74. The Morgan fingerprint density at radius 2 is 1.82 bits per heavy atom. The fraction of sp³-hybridized carbons (Fsp3) is 0.154. The first-order valence-electron chi connectivity index (χ1n) is 5.30. The van der Waals surface area contributed by atoms with E-state index in [-0.39, 0.29) is 6.03 Å². The molecular formula is C13H14N2O2. The third kappa shape index (κ3) is 2.15. The monoisotopic (exact) mass is 230 g/mol. The van der Waals surface area contributed by atoms with Crippen molar-refractivity contribution < 1.29 is 9.53 Å².